The summed E-state index contributed by atoms with van der Waals surface area (Å²) < 4.78 is 27.3. The Balaban J connectivity index is 2.48. The highest BCUT2D eigenvalue weighted by Crippen LogP contribution is 2.36. The average Bonchev–Trinajstić information content (AvgIpc) is 2.48. The van der Waals surface area contributed by atoms with Crippen LogP contribution in [0.1, 0.15) is 12.5 Å². The van der Waals surface area contributed by atoms with Crippen LogP contribution in [0.2, 0.25) is 5.02 Å². The summed E-state index contributed by atoms with van der Waals surface area (Å²) in [5.74, 6) is -1.47. The van der Waals surface area contributed by atoms with Crippen LogP contribution < -0.4 is 11.2 Å². The number of halogens is 3. The second-order valence-corrected chi connectivity index (χ2v) is 5.43. The lowest BCUT2D eigenvalue weighted by Crippen LogP contribution is -2.22. The number of aryl methyl sites for hydroxylation is 1. The molecule has 0 aliphatic carbocycles. The molecule has 23 heavy (non-hydrogen) atoms. The average molecular weight is 337 g/mol. The molecule has 0 bridgehead atoms. The van der Waals surface area contributed by atoms with Crippen LogP contribution >= 0.6 is 11.6 Å². The number of H-pyrrole nitrogens is 2. The Morgan fingerprint density at radius 2 is 1.87 bits per heavy atom. The van der Waals surface area contributed by atoms with Gasteiger partial charge in [-0.3, -0.25) is 9.78 Å². The summed E-state index contributed by atoms with van der Waals surface area (Å²) in [7, 11) is 0. The van der Waals surface area contributed by atoms with Crippen LogP contribution in [0.15, 0.2) is 33.9 Å². The molecule has 1 heterocycles. The van der Waals surface area contributed by atoms with Crippen LogP contribution in [-0.2, 0) is 6.42 Å². The molecule has 3 rings (SSSR count). The Labute approximate surface area is 133 Å². The van der Waals surface area contributed by atoms with Crippen LogP contribution in [0.25, 0.3) is 22.0 Å². The van der Waals surface area contributed by atoms with E-state index in [9.17, 15) is 18.4 Å². The minimum atomic E-state index is -0.770. The van der Waals surface area contributed by atoms with Gasteiger partial charge in [-0.15, -0.1) is 0 Å². The van der Waals surface area contributed by atoms with E-state index in [0.717, 1.165) is 12.1 Å². The smallest absolute Gasteiger partial charge is 0.307 e. The van der Waals surface area contributed by atoms with Crippen molar-refractivity contribution >= 4 is 22.5 Å². The number of benzene rings is 2. The molecule has 0 radical (unpaired) electrons. The van der Waals surface area contributed by atoms with Crippen molar-refractivity contribution in [1.82, 2.24) is 9.97 Å². The van der Waals surface area contributed by atoms with Crippen LogP contribution in [-0.4, -0.2) is 9.97 Å². The molecule has 2 aromatic carbocycles. The van der Waals surface area contributed by atoms with Crippen LogP contribution in [0, 0.1) is 11.6 Å². The van der Waals surface area contributed by atoms with Crippen molar-refractivity contribution < 1.29 is 8.78 Å². The molecule has 1 aromatic heterocycles. The highest BCUT2D eigenvalue weighted by molar-refractivity contribution is 6.34. The molecule has 0 saturated carbocycles. The van der Waals surface area contributed by atoms with Gasteiger partial charge < -0.3 is 4.98 Å². The zero-order valence-electron chi connectivity index (χ0n) is 12.0. The first-order valence-electron chi connectivity index (χ1n) is 6.85. The molecule has 2 N–H and O–H groups in total. The number of fused-ring (bicyclic) bond motifs is 1. The molecule has 7 heteroatoms. The summed E-state index contributed by atoms with van der Waals surface area (Å²) in [6.45, 7) is 1.79. The molecular weight excluding hydrogens is 326 g/mol. The predicted molar refractivity (Wildman–Crippen MR) is 84.9 cm³/mol. The van der Waals surface area contributed by atoms with Crippen molar-refractivity contribution in [3.8, 4) is 11.1 Å². The Kier molecular flexibility index (Phi) is 3.77. The third-order valence-electron chi connectivity index (χ3n) is 3.65. The molecule has 0 unspecified atom stereocenters. The SMILES string of the molecule is CCc1c(-c2ccc(F)cc2F)c(Cl)cc2c(=O)[nH]c(=O)[nH]c12. The first-order chi connectivity index (χ1) is 10.9. The van der Waals surface area contributed by atoms with Crippen LogP contribution in [0.5, 0.6) is 0 Å². The number of nitrogens with one attached hydrogen (secondary N) is 2. The lowest BCUT2D eigenvalue weighted by atomic mass is 9.95. The van der Waals surface area contributed by atoms with Gasteiger partial charge in [-0.25, -0.2) is 13.6 Å². The standard InChI is InChI=1S/C16H11ClF2N2O2/c1-2-8-13(9-4-3-7(18)5-12(9)19)11(17)6-10-14(8)20-16(23)21-15(10)22/h3-6H,2H2,1H3,(H2,20,21,22,23). The lowest BCUT2D eigenvalue weighted by molar-refractivity contribution is 0.585. The maximum absolute atomic E-state index is 14.2. The summed E-state index contributed by atoms with van der Waals surface area (Å²) in [5.41, 5.74) is 0.0128. The van der Waals surface area contributed by atoms with Crippen LogP contribution in [0.3, 0.4) is 0 Å². The predicted octanol–water partition coefficient (Wildman–Crippen LogP) is 3.38. The highest BCUT2D eigenvalue weighted by atomic mass is 35.5. The van der Waals surface area contributed by atoms with E-state index in [4.69, 9.17) is 11.6 Å². The summed E-state index contributed by atoms with van der Waals surface area (Å²) >= 11 is 6.24. The van der Waals surface area contributed by atoms with Gasteiger partial charge in [0, 0.05) is 22.2 Å². The van der Waals surface area contributed by atoms with Gasteiger partial charge in [0.05, 0.1) is 10.9 Å². The van der Waals surface area contributed by atoms with Crippen molar-refractivity contribution in [2.75, 3.05) is 0 Å². The zero-order valence-corrected chi connectivity index (χ0v) is 12.7. The monoisotopic (exact) mass is 336 g/mol. The Bertz CT molecular complexity index is 1040. The van der Waals surface area contributed by atoms with Gasteiger partial charge in [0.15, 0.2) is 0 Å². The van der Waals surface area contributed by atoms with Crippen molar-refractivity contribution in [3.63, 3.8) is 0 Å². The molecule has 0 amide bonds. The molecule has 4 nitrogen and oxygen atoms in total. The van der Waals surface area contributed by atoms with Crippen molar-refractivity contribution in [2.45, 2.75) is 13.3 Å². The molecule has 0 spiro atoms. The third kappa shape index (κ3) is 2.55. The van der Waals surface area contributed by atoms with Crippen LogP contribution in [0.4, 0.5) is 8.78 Å². The summed E-state index contributed by atoms with van der Waals surface area (Å²) in [5, 5.41) is 0.357. The van der Waals surface area contributed by atoms with E-state index in [2.05, 4.69) is 9.97 Å². The number of aromatic amines is 2. The first-order valence-corrected chi connectivity index (χ1v) is 7.23. The van der Waals surface area contributed by atoms with E-state index in [1.54, 1.807) is 6.92 Å². The van der Waals surface area contributed by atoms with E-state index < -0.39 is 22.9 Å². The van der Waals surface area contributed by atoms with Crippen molar-refractivity contribution in [1.29, 1.82) is 0 Å². The highest BCUT2D eigenvalue weighted by Gasteiger charge is 2.18. The van der Waals surface area contributed by atoms with Gasteiger partial charge in [0.25, 0.3) is 5.56 Å². The molecule has 0 aliphatic rings. The molecule has 0 fully saturated rings. The van der Waals surface area contributed by atoms with Crippen molar-refractivity contribution in [3.05, 3.63) is 67.3 Å². The molecule has 3 aromatic rings. The maximum atomic E-state index is 14.2. The normalized spacial score (nSPS) is 11.1. The Hall–Kier alpha value is -2.47. The largest absolute Gasteiger partial charge is 0.326 e. The minimum absolute atomic E-state index is 0.108. The molecule has 0 aliphatic heterocycles. The maximum Gasteiger partial charge on any atom is 0.326 e. The fraction of sp³-hybridized carbons (Fsp3) is 0.125. The molecule has 118 valence electrons. The number of aromatic nitrogens is 2. The first kappa shape index (κ1) is 15.4. The topological polar surface area (TPSA) is 65.7 Å². The summed E-state index contributed by atoms with van der Waals surface area (Å²) in [6.07, 6.45) is 0.391. The quantitative estimate of drug-likeness (QED) is 0.753. The molecular formula is C16H11ClF2N2O2. The van der Waals surface area contributed by atoms with E-state index in [-0.39, 0.29) is 16.0 Å². The van der Waals surface area contributed by atoms with Gasteiger partial charge in [-0.1, -0.05) is 18.5 Å². The second kappa shape index (κ2) is 5.62. The molecule has 0 atom stereocenters. The zero-order chi connectivity index (χ0) is 16.7. The van der Waals surface area contributed by atoms with Gasteiger partial charge >= 0.3 is 5.69 Å². The summed E-state index contributed by atoms with van der Waals surface area (Å²) in [4.78, 5) is 28.1. The van der Waals surface area contributed by atoms with Gasteiger partial charge in [-0.2, -0.15) is 0 Å². The number of hydrogen-bond acceptors (Lipinski definition) is 2. The Morgan fingerprint density at radius 3 is 2.52 bits per heavy atom. The van der Waals surface area contributed by atoms with Crippen molar-refractivity contribution in [2.24, 2.45) is 0 Å². The lowest BCUT2D eigenvalue weighted by Gasteiger charge is -2.14. The van der Waals surface area contributed by atoms with E-state index in [0.29, 0.717) is 23.1 Å². The van der Waals surface area contributed by atoms with Gasteiger partial charge in [0.1, 0.15) is 11.6 Å². The van der Waals surface area contributed by atoms with E-state index >= 15 is 0 Å². The van der Waals surface area contributed by atoms with E-state index in [1.165, 1.54) is 12.1 Å². The second-order valence-electron chi connectivity index (χ2n) is 5.02. The number of hydrogen-bond donors (Lipinski definition) is 2. The minimum Gasteiger partial charge on any atom is -0.307 e. The third-order valence-corrected chi connectivity index (χ3v) is 3.95. The van der Waals surface area contributed by atoms with Gasteiger partial charge in [-0.05, 0) is 30.2 Å². The fourth-order valence-electron chi connectivity index (χ4n) is 2.68. The Morgan fingerprint density at radius 1 is 1.13 bits per heavy atom. The van der Waals surface area contributed by atoms with Gasteiger partial charge in [0.2, 0.25) is 0 Å². The number of rotatable bonds is 2. The fourth-order valence-corrected chi connectivity index (χ4v) is 3.00. The summed E-state index contributed by atoms with van der Waals surface area (Å²) in [6, 6.07) is 4.53. The molecule has 0 saturated heterocycles. The van der Waals surface area contributed by atoms with E-state index in [1.807, 2.05) is 0 Å².